The summed E-state index contributed by atoms with van der Waals surface area (Å²) in [6.07, 6.45) is 5.32. The molecule has 2 N–H and O–H groups in total. The molecule has 5 heteroatoms. The Bertz CT molecular complexity index is 285. The summed E-state index contributed by atoms with van der Waals surface area (Å²) in [6.45, 7) is 0. The van der Waals surface area contributed by atoms with Crippen LogP contribution >= 0.6 is 0 Å². The van der Waals surface area contributed by atoms with Crippen molar-refractivity contribution in [3.05, 3.63) is 6.33 Å². The van der Waals surface area contributed by atoms with Gasteiger partial charge in [0.1, 0.15) is 6.33 Å². The predicted molar refractivity (Wildman–Crippen MR) is 48.1 cm³/mol. The zero-order valence-corrected chi connectivity index (χ0v) is 7.68. The van der Waals surface area contributed by atoms with Crippen molar-refractivity contribution >= 4 is 5.95 Å². The van der Waals surface area contributed by atoms with Crippen LogP contribution in [-0.4, -0.2) is 28.0 Å². The molecule has 2 atom stereocenters. The van der Waals surface area contributed by atoms with E-state index >= 15 is 0 Å². The molecule has 72 valence electrons. The molecular weight excluding hydrogens is 168 g/mol. The Morgan fingerprint density at radius 2 is 2.46 bits per heavy atom. The smallest absolute Gasteiger partial charge is 0.239 e. The van der Waals surface area contributed by atoms with Gasteiger partial charge >= 0.3 is 0 Å². The van der Waals surface area contributed by atoms with E-state index in [0.717, 1.165) is 12.8 Å². The van der Waals surface area contributed by atoms with Crippen LogP contribution in [0, 0.1) is 0 Å². The second kappa shape index (κ2) is 3.33. The average molecular weight is 182 g/mol. The monoisotopic (exact) mass is 182 g/mol. The summed E-state index contributed by atoms with van der Waals surface area (Å²) in [4.78, 5) is 3.90. The van der Waals surface area contributed by atoms with Gasteiger partial charge in [0.25, 0.3) is 0 Å². The number of methoxy groups -OCH3 is 1. The minimum atomic E-state index is 0.265. The number of nitrogen functional groups attached to an aromatic ring is 1. The first-order valence-corrected chi connectivity index (χ1v) is 4.50. The molecule has 1 aromatic rings. The van der Waals surface area contributed by atoms with E-state index in [1.165, 1.54) is 6.42 Å². The number of aromatic nitrogens is 3. The van der Waals surface area contributed by atoms with Crippen molar-refractivity contribution < 1.29 is 4.74 Å². The van der Waals surface area contributed by atoms with E-state index in [2.05, 4.69) is 10.1 Å². The number of hydrogen-bond acceptors (Lipinski definition) is 4. The summed E-state index contributed by atoms with van der Waals surface area (Å²) >= 11 is 0. The molecule has 0 spiro atoms. The Hall–Kier alpha value is -1.10. The maximum Gasteiger partial charge on any atom is 0.239 e. The lowest BCUT2D eigenvalue weighted by Crippen LogP contribution is -2.21. The lowest BCUT2D eigenvalue weighted by Gasteiger charge is -2.17. The molecule has 0 amide bonds. The van der Waals surface area contributed by atoms with Gasteiger partial charge in [-0.25, -0.2) is 9.67 Å². The number of rotatable bonds is 2. The SMILES string of the molecule is COC1CCCC1n1cnc(N)n1. The maximum atomic E-state index is 5.45. The maximum absolute atomic E-state index is 5.45. The minimum Gasteiger partial charge on any atom is -0.379 e. The summed E-state index contributed by atoms with van der Waals surface area (Å²) in [6, 6.07) is 0.315. The predicted octanol–water partition coefficient (Wildman–Crippen LogP) is 0.600. The highest BCUT2D eigenvalue weighted by atomic mass is 16.5. The number of ether oxygens (including phenoxy) is 1. The van der Waals surface area contributed by atoms with Crippen LogP contribution in [0.2, 0.25) is 0 Å². The third-order valence-corrected chi connectivity index (χ3v) is 2.59. The van der Waals surface area contributed by atoms with Gasteiger partial charge in [0.05, 0.1) is 12.1 Å². The molecule has 0 aliphatic heterocycles. The second-order valence-corrected chi connectivity index (χ2v) is 3.36. The van der Waals surface area contributed by atoms with Crippen molar-refractivity contribution in [3.63, 3.8) is 0 Å². The quantitative estimate of drug-likeness (QED) is 0.727. The number of nitrogens with two attached hydrogens (primary N) is 1. The largest absolute Gasteiger partial charge is 0.379 e. The molecule has 5 nitrogen and oxygen atoms in total. The van der Waals surface area contributed by atoms with E-state index in [9.17, 15) is 0 Å². The molecular formula is C8H14N4O. The van der Waals surface area contributed by atoms with E-state index in [1.54, 1.807) is 13.4 Å². The molecule has 1 aliphatic carbocycles. The molecule has 0 saturated heterocycles. The van der Waals surface area contributed by atoms with Crippen LogP contribution in [-0.2, 0) is 4.74 Å². The first kappa shape index (κ1) is 8.50. The van der Waals surface area contributed by atoms with E-state index in [-0.39, 0.29) is 6.10 Å². The standard InChI is InChI=1S/C8H14N4O/c1-13-7-4-2-3-6(7)12-5-10-8(9)11-12/h5-7H,2-4H2,1H3,(H2,9,11). The van der Waals surface area contributed by atoms with Gasteiger partial charge in [-0.15, -0.1) is 5.10 Å². The zero-order valence-electron chi connectivity index (χ0n) is 7.68. The Balaban J connectivity index is 2.15. The normalized spacial score (nSPS) is 28.1. The van der Waals surface area contributed by atoms with Crippen molar-refractivity contribution in [1.82, 2.24) is 14.8 Å². The Kier molecular flexibility index (Phi) is 2.18. The fraction of sp³-hybridized carbons (Fsp3) is 0.750. The summed E-state index contributed by atoms with van der Waals surface area (Å²) in [7, 11) is 1.74. The summed E-state index contributed by atoms with van der Waals surface area (Å²) in [5, 5.41) is 4.09. The van der Waals surface area contributed by atoms with Crippen LogP contribution in [0.4, 0.5) is 5.95 Å². The fourth-order valence-electron chi connectivity index (χ4n) is 1.93. The molecule has 1 aliphatic rings. The molecule has 0 aromatic carbocycles. The highest BCUT2D eigenvalue weighted by molar-refractivity contribution is 5.10. The lowest BCUT2D eigenvalue weighted by atomic mass is 10.2. The van der Waals surface area contributed by atoms with Gasteiger partial charge < -0.3 is 10.5 Å². The van der Waals surface area contributed by atoms with Gasteiger partial charge in [-0.3, -0.25) is 0 Å². The number of anilines is 1. The third kappa shape index (κ3) is 1.51. The van der Waals surface area contributed by atoms with E-state index in [4.69, 9.17) is 10.5 Å². The van der Waals surface area contributed by atoms with Crippen LogP contribution in [0.15, 0.2) is 6.33 Å². The Morgan fingerprint density at radius 3 is 3.08 bits per heavy atom. The van der Waals surface area contributed by atoms with Crippen molar-refractivity contribution in [2.75, 3.05) is 12.8 Å². The molecule has 0 radical (unpaired) electrons. The fourth-order valence-corrected chi connectivity index (χ4v) is 1.93. The van der Waals surface area contributed by atoms with Crippen LogP contribution in [0.25, 0.3) is 0 Å². The number of nitrogens with zero attached hydrogens (tertiary/aromatic N) is 3. The summed E-state index contributed by atoms with van der Waals surface area (Å²) in [5.41, 5.74) is 5.45. The highest BCUT2D eigenvalue weighted by Crippen LogP contribution is 2.31. The van der Waals surface area contributed by atoms with Gasteiger partial charge in [-0.1, -0.05) is 0 Å². The Labute approximate surface area is 76.9 Å². The van der Waals surface area contributed by atoms with Crippen LogP contribution in [0.5, 0.6) is 0 Å². The molecule has 2 rings (SSSR count). The van der Waals surface area contributed by atoms with Crippen LogP contribution in [0.1, 0.15) is 25.3 Å². The summed E-state index contributed by atoms with van der Waals surface area (Å²) in [5.74, 6) is 0.335. The minimum absolute atomic E-state index is 0.265. The average Bonchev–Trinajstić information content (AvgIpc) is 2.71. The first-order valence-electron chi connectivity index (χ1n) is 4.50. The van der Waals surface area contributed by atoms with Gasteiger partial charge in [0.2, 0.25) is 5.95 Å². The van der Waals surface area contributed by atoms with Gasteiger partial charge in [0, 0.05) is 7.11 Å². The molecule has 2 unspecified atom stereocenters. The van der Waals surface area contributed by atoms with Gasteiger partial charge in [-0.2, -0.15) is 0 Å². The molecule has 0 bridgehead atoms. The summed E-state index contributed by atoms with van der Waals surface area (Å²) < 4.78 is 7.17. The Morgan fingerprint density at radius 1 is 1.62 bits per heavy atom. The van der Waals surface area contributed by atoms with Gasteiger partial charge in [-0.05, 0) is 19.3 Å². The van der Waals surface area contributed by atoms with E-state index < -0.39 is 0 Å². The van der Waals surface area contributed by atoms with Crippen LogP contribution < -0.4 is 5.73 Å². The molecule has 1 fully saturated rings. The molecule has 13 heavy (non-hydrogen) atoms. The van der Waals surface area contributed by atoms with Crippen molar-refractivity contribution in [3.8, 4) is 0 Å². The van der Waals surface area contributed by atoms with E-state index in [0.29, 0.717) is 12.0 Å². The second-order valence-electron chi connectivity index (χ2n) is 3.36. The lowest BCUT2D eigenvalue weighted by molar-refractivity contribution is 0.0708. The van der Waals surface area contributed by atoms with Crippen molar-refractivity contribution in [2.45, 2.75) is 31.4 Å². The van der Waals surface area contributed by atoms with Crippen molar-refractivity contribution in [1.29, 1.82) is 0 Å². The van der Waals surface area contributed by atoms with Crippen LogP contribution in [0.3, 0.4) is 0 Å². The molecule has 1 saturated carbocycles. The van der Waals surface area contributed by atoms with Crippen molar-refractivity contribution in [2.24, 2.45) is 0 Å². The molecule has 1 heterocycles. The third-order valence-electron chi connectivity index (χ3n) is 2.59. The number of hydrogen-bond donors (Lipinski definition) is 1. The topological polar surface area (TPSA) is 66.0 Å². The highest BCUT2D eigenvalue weighted by Gasteiger charge is 2.29. The first-order chi connectivity index (χ1) is 6.31. The molecule has 1 aromatic heterocycles. The van der Waals surface area contributed by atoms with Gasteiger partial charge in [0.15, 0.2) is 0 Å². The van der Waals surface area contributed by atoms with E-state index in [1.807, 2.05) is 4.68 Å². The zero-order chi connectivity index (χ0) is 9.26.